The number of aromatic amines is 2. The molecule has 0 atom stereocenters. The van der Waals surface area contributed by atoms with Crippen LogP contribution in [0.1, 0.15) is 53.3 Å². The number of halogens is 1. The smallest absolute Gasteiger partial charge is 0.276 e. The molecule has 3 saturated heterocycles. The number of aliphatic hydroxyl groups is 1. The van der Waals surface area contributed by atoms with E-state index in [2.05, 4.69) is 169 Å². The largest absolute Gasteiger partial charge is 0.497 e. The zero-order chi connectivity index (χ0) is 76.2. The number of benzene rings is 7. The Labute approximate surface area is 647 Å². The molecule has 0 radical (unpaired) electrons. The maximum atomic E-state index is 12.3. The lowest BCUT2D eigenvalue weighted by atomic mass is 10.1. The predicted molar refractivity (Wildman–Crippen MR) is 449 cm³/mol. The van der Waals surface area contributed by atoms with Gasteiger partial charge in [0.25, 0.3) is 5.56 Å². The molecule has 23 nitrogen and oxygen atoms in total. The van der Waals surface area contributed by atoms with Crippen LogP contribution in [0.15, 0.2) is 175 Å². The molecule has 3 aliphatic rings. The number of ether oxygens (including phenoxy) is 3. The molecule has 572 valence electrons. The van der Waals surface area contributed by atoms with Crippen molar-refractivity contribution in [1.29, 1.82) is 0 Å². The second-order valence-electron chi connectivity index (χ2n) is 28.3. The van der Waals surface area contributed by atoms with Crippen molar-refractivity contribution in [3.63, 3.8) is 0 Å². The van der Waals surface area contributed by atoms with Crippen LogP contribution in [0, 0.1) is 27.7 Å². The highest BCUT2D eigenvalue weighted by Gasteiger charge is 2.24. The second-order valence-corrected chi connectivity index (χ2v) is 28.6. The number of aliphatic hydroxyl groups excluding tert-OH is 1. The van der Waals surface area contributed by atoms with Crippen LogP contribution >= 0.6 is 11.6 Å². The van der Waals surface area contributed by atoms with Gasteiger partial charge in [0.15, 0.2) is 22.3 Å². The second kappa shape index (κ2) is 36.0. The number of H-pyrrole nitrogens is 2. The molecule has 0 saturated carbocycles. The topological polar surface area (TPSA) is 230 Å². The summed E-state index contributed by atoms with van der Waals surface area (Å²) in [7, 11) is 11.5. The quantitative estimate of drug-likeness (QED) is 0.0882. The minimum Gasteiger partial charge on any atom is -0.497 e. The predicted octanol–water partition coefficient (Wildman–Crippen LogP) is 13.9. The molecular formula is C86H101ClN18O5. The van der Waals surface area contributed by atoms with Gasteiger partial charge in [-0.1, -0.05) is 102 Å². The van der Waals surface area contributed by atoms with Crippen molar-refractivity contribution in [2.75, 3.05) is 137 Å². The van der Waals surface area contributed by atoms with Crippen LogP contribution in [-0.2, 0) is 19.6 Å². The molecule has 3 aliphatic heterocycles. The number of aromatic nitrogens is 12. The average molecular weight is 1500 g/mol. The highest BCUT2D eigenvalue weighted by molar-refractivity contribution is 6.35. The minimum atomic E-state index is -0.158. The first-order valence-electron chi connectivity index (χ1n) is 37.1. The number of nitrogens with one attached hydrogen (secondary N) is 3. The Bertz CT molecular complexity index is 5660. The molecule has 8 aromatic heterocycles. The minimum absolute atomic E-state index is 0. The molecule has 3 fully saturated rings. The SMILES string of the molecule is C.CCO.CN1CCNCC1.COc1ccc(Cn2cc3c(n2)c(=O)[nH]c2ccc(C)cc23)cc1.COc1ccc(Cn2cc3c(n2)c(Cl)nc2ccc(C)cc23)cc1.COc1ccc(Cn2cc3c(n2)c(N2CCN(C)CC2)nc2ccc(C)cc23)cc1.Cc1ccc2nc(N3CCN(C)CC3)c3[nH]ncc3c2c1. The van der Waals surface area contributed by atoms with E-state index < -0.39 is 0 Å². The van der Waals surface area contributed by atoms with Crippen LogP contribution in [0.25, 0.3) is 87.2 Å². The lowest BCUT2D eigenvalue weighted by molar-refractivity contribution is 0.291. The Hall–Kier alpha value is -11.1. The standard InChI is InChI=1S/C24H27N5O.C19H16ClN3O.C19H17N3O2.C16H19N5.C5H12N2.C2H6O.CH4/c1-17-4-9-22-20(14-17)21-16-29(15-18-5-7-19(30-3)8-6-18)26-23(21)24(25-22)28-12-10-27(2)11-13-28;1-12-3-8-17-15(9-12)16-11-23(22-18(16)19(20)21-17)10-13-4-6-14(24-2)7-5-13;1-12-3-8-17-15(9-12)16-11-22(21-18(16)19(23)20-17)10-13-4-6-14(24-2)7-5-13;1-11-3-4-14-12(9-11)13-10-17-19-15(13)16(18-14)21-7-5-20(2)6-8-21;1-7-4-2-6-3-5-7;1-2-3;/h4-9,14,16H,10-13,15H2,1-3H3;3-9,11H,10H2,1-2H3;3-9,11H,10H2,1-2H3,(H,20,23);3-4,9-10H,5-8H2,1-2H3,(H,17,19);6H,2-5H2,1H3;3H,2H2,1H3;1H4. The summed E-state index contributed by atoms with van der Waals surface area (Å²) in [6.45, 7) is 25.2. The van der Waals surface area contributed by atoms with Crippen LogP contribution in [0.4, 0.5) is 11.6 Å². The molecule has 0 aliphatic carbocycles. The Morgan fingerprint density at radius 2 is 0.818 bits per heavy atom. The van der Waals surface area contributed by atoms with E-state index >= 15 is 0 Å². The zero-order valence-electron chi connectivity index (χ0n) is 64.1. The number of rotatable bonds is 11. The molecule has 0 amide bonds. The molecule has 15 aromatic rings. The van der Waals surface area contributed by atoms with E-state index in [1.165, 1.54) is 51.5 Å². The van der Waals surface area contributed by atoms with Crippen molar-refractivity contribution < 1.29 is 19.3 Å². The molecule has 7 aromatic carbocycles. The van der Waals surface area contributed by atoms with E-state index in [1.54, 1.807) is 28.3 Å². The fraction of sp³-hybridized carbons (Fsp3) is 0.326. The summed E-state index contributed by atoms with van der Waals surface area (Å²) in [6, 6.07) is 49.0. The average Bonchev–Trinajstić information content (AvgIpc) is 1.59. The van der Waals surface area contributed by atoms with Gasteiger partial charge in [0.1, 0.15) is 33.8 Å². The third-order valence-corrected chi connectivity index (χ3v) is 20.2. The molecule has 11 heterocycles. The van der Waals surface area contributed by atoms with Gasteiger partial charge in [-0.25, -0.2) is 15.0 Å². The number of methoxy groups -OCH3 is 3. The number of hydrogen-bond acceptors (Lipinski definition) is 18. The summed E-state index contributed by atoms with van der Waals surface area (Å²) in [5.41, 5.74) is 15.2. The fourth-order valence-electron chi connectivity index (χ4n) is 13.8. The van der Waals surface area contributed by atoms with Crippen molar-refractivity contribution in [2.45, 2.75) is 61.7 Å². The van der Waals surface area contributed by atoms with Gasteiger partial charge in [0.05, 0.1) is 63.7 Å². The number of fused-ring (bicyclic) bond motifs is 12. The Kier molecular flexibility index (Phi) is 25.7. The fourth-order valence-corrected chi connectivity index (χ4v) is 14.0. The normalized spacial score (nSPS) is 14.1. The first-order valence-corrected chi connectivity index (χ1v) is 37.5. The van der Waals surface area contributed by atoms with Crippen molar-refractivity contribution in [2.24, 2.45) is 0 Å². The molecule has 0 unspecified atom stereocenters. The number of anilines is 2. The highest BCUT2D eigenvalue weighted by atomic mass is 35.5. The molecule has 18 rings (SSSR count). The number of likely N-dealkylation sites (N-methyl/N-ethyl adjacent to an activating group) is 3. The van der Waals surface area contributed by atoms with E-state index in [-0.39, 0.29) is 19.6 Å². The molecule has 110 heavy (non-hydrogen) atoms. The Balaban J connectivity index is 0.000000131. The molecule has 0 bridgehead atoms. The number of piperazine rings is 3. The van der Waals surface area contributed by atoms with Crippen LogP contribution in [-0.4, -0.2) is 207 Å². The van der Waals surface area contributed by atoms with Gasteiger partial charge < -0.3 is 54.1 Å². The van der Waals surface area contributed by atoms with Gasteiger partial charge >= 0.3 is 0 Å². The van der Waals surface area contributed by atoms with Crippen molar-refractivity contribution in [1.82, 2.24) is 79.5 Å². The summed E-state index contributed by atoms with van der Waals surface area (Å²) in [5, 5.41) is 41.5. The lowest BCUT2D eigenvalue weighted by Gasteiger charge is -2.33. The third-order valence-electron chi connectivity index (χ3n) is 19.9. The van der Waals surface area contributed by atoms with Gasteiger partial charge in [-0.2, -0.15) is 20.4 Å². The van der Waals surface area contributed by atoms with Crippen molar-refractivity contribution in [3.05, 3.63) is 225 Å². The molecule has 24 heteroatoms. The monoisotopic (exact) mass is 1500 g/mol. The van der Waals surface area contributed by atoms with E-state index in [4.69, 9.17) is 46.0 Å². The first-order chi connectivity index (χ1) is 52.9. The Morgan fingerprint density at radius 3 is 1.26 bits per heavy atom. The molecular weight excluding hydrogens is 1400 g/mol. The first kappa shape index (κ1) is 78.5. The van der Waals surface area contributed by atoms with E-state index in [0.29, 0.717) is 30.3 Å². The van der Waals surface area contributed by atoms with E-state index in [1.807, 2.05) is 124 Å². The van der Waals surface area contributed by atoms with Gasteiger partial charge in [-0.05, 0) is 157 Å². The van der Waals surface area contributed by atoms with Gasteiger partial charge in [0, 0.05) is 152 Å². The third kappa shape index (κ3) is 18.6. The van der Waals surface area contributed by atoms with Gasteiger partial charge in [-0.15, -0.1) is 0 Å². The van der Waals surface area contributed by atoms with Crippen LogP contribution in [0.3, 0.4) is 0 Å². The lowest BCUT2D eigenvalue weighted by Crippen LogP contribution is -2.44. The van der Waals surface area contributed by atoms with Gasteiger partial charge in [0.2, 0.25) is 0 Å². The zero-order valence-corrected chi connectivity index (χ0v) is 64.9. The maximum Gasteiger partial charge on any atom is 0.276 e. The van der Waals surface area contributed by atoms with Crippen LogP contribution < -0.4 is 34.9 Å². The van der Waals surface area contributed by atoms with Crippen LogP contribution in [0.5, 0.6) is 17.2 Å². The summed E-state index contributed by atoms with van der Waals surface area (Å²) < 4.78 is 21.4. The summed E-state index contributed by atoms with van der Waals surface area (Å²) >= 11 is 6.33. The molecule has 4 N–H and O–H groups in total. The van der Waals surface area contributed by atoms with Gasteiger partial charge in [-0.3, -0.25) is 23.9 Å². The van der Waals surface area contributed by atoms with Crippen molar-refractivity contribution in [3.8, 4) is 17.2 Å². The van der Waals surface area contributed by atoms with Crippen molar-refractivity contribution >= 4 is 110 Å². The number of aryl methyl sites for hydroxylation is 4. The summed E-state index contributed by atoms with van der Waals surface area (Å²) in [5.74, 6) is 4.57. The maximum absolute atomic E-state index is 12.3. The number of nitrogens with zero attached hydrogens (tertiary/aromatic N) is 15. The number of pyridine rings is 4. The number of hydrogen-bond donors (Lipinski definition) is 4. The Morgan fingerprint density at radius 1 is 0.445 bits per heavy atom. The van der Waals surface area contributed by atoms with Crippen LogP contribution in [0.2, 0.25) is 5.15 Å². The summed E-state index contributed by atoms with van der Waals surface area (Å²) in [6.07, 6.45) is 8.06. The highest BCUT2D eigenvalue weighted by Crippen LogP contribution is 2.35. The van der Waals surface area contributed by atoms with E-state index in [9.17, 15) is 4.79 Å². The summed E-state index contributed by atoms with van der Waals surface area (Å²) in [4.78, 5) is 41.4. The molecule has 0 spiro atoms. The van der Waals surface area contributed by atoms with E-state index in [0.717, 1.165) is 177 Å².